The van der Waals surface area contributed by atoms with Crippen molar-refractivity contribution in [3.05, 3.63) is 71.3 Å². The lowest BCUT2D eigenvalue weighted by molar-refractivity contribution is -0.135. The molecule has 2 aromatic carbocycles. The third-order valence-corrected chi connectivity index (χ3v) is 3.29. The molecule has 0 aromatic heterocycles. The van der Waals surface area contributed by atoms with Gasteiger partial charge in [0.05, 0.1) is 5.57 Å². The van der Waals surface area contributed by atoms with Crippen molar-refractivity contribution in [3.63, 3.8) is 0 Å². The summed E-state index contributed by atoms with van der Waals surface area (Å²) in [6.07, 6.45) is 0.646. The number of aliphatic carboxylic acids is 2. The van der Waals surface area contributed by atoms with Crippen molar-refractivity contribution in [2.75, 3.05) is 0 Å². The number of phenols is 2. The summed E-state index contributed by atoms with van der Waals surface area (Å²) in [5, 5.41) is 37.1. The highest BCUT2D eigenvalue weighted by atomic mass is 16.4. The summed E-state index contributed by atoms with van der Waals surface area (Å²) in [6.45, 7) is 0. The van der Waals surface area contributed by atoms with Crippen LogP contribution in [-0.2, 0) is 9.59 Å². The molecule has 0 radical (unpaired) electrons. The third kappa shape index (κ3) is 3.88. The summed E-state index contributed by atoms with van der Waals surface area (Å²) in [5.41, 5.74) is 0.681. The zero-order chi connectivity index (χ0) is 17.0. The highest BCUT2D eigenvalue weighted by molar-refractivity contribution is 5.96. The standard InChI is InChI=1S/C17H14O6/c18-12-5-1-10(2-6-12)16(11-3-7-13(19)8-4-11)14(17(22)23)9-15(20)21/h1-9,16,18-19H,(H,20,21)(H,22,23)/b14-9-. The van der Waals surface area contributed by atoms with Crippen LogP contribution in [-0.4, -0.2) is 32.4 Å². The first-order valence-electron chi connectivity index (χ1n) is 6.64. The van der Waals surface area contributed by atoms with Gasteiger partial charge in [-0.15, -0.1) is 0 Å². The number of hydrogen-bond donors (Lipinski definition) is 4. The molecule has 6 nitrogen and oxygen atoms in total. The van der Waals surface area contributed by atoms with E-state index in [0.29, 0.717) is 17.2 Å². The average Bonchev–Trinajstić information content (AvgIpc) is 2.49. The summed E-state index contributed by atoms with van der Waals surface area (Å²) in [7, 11) is 0. The number of rotatable bonds is 5. The van der Waals surface area contributed by atoms with Crippen LogP contribution in [0.5, 0.6) is 11.5 Å². The molecule has 0 heterocycles. The normalized spacial score (nSPS) is 11.4. The zero-order valence-electron chi connectivity index (χ0n) is 11.9. The van der Waals surface area contributed by atoms with E-state index in [0.717, 1.165) is 0 Å². The first-order valence-corrected chi connectivity index (χ1v) is 6.64. The molecule has 0 aliphatic heterocycles. The van der Waals surface area contributed by atoms with E-state index in [1.807, 2.05) is 0 Å². The van der Waals surface area contributed by atoms with Gasteiger partial charge >= 0.3 is 11.9 Å². The number of aromatic hydroxyl groups is 2. The van der Waals surface area contributed by atoms with E-state index < -0.39 is 17.9 Å². The monoisotopic (exact) mass is 314 g/mol. The third-order valence-electron chi connectivity index (χ3n) is 3.29. The molecule has 0 fully saturated rings. The minimum Gasteiger partial charge on any atom is -0.508 e. The van der Waals surface area contributed by atoms with Gasteiger partial charge in [0, 0.05) is 12.0 Å². The molecular formula is C17H14O6. The molecule has 6 heteroatoms. The highest BCUT2D eigenvalue weighted by Gasteiger charge is 2.25. The molecule has 0 spiro atoms. The van der Waals surface area contributed by atoms with Crippen molar-refractivity contribution in [1.82, 2.24) is 0 Å². The molecule has 2 rings (SSSR count). The molecule has 0 atom stereocenters. The van der Waals surface area contributed by atoms with Gasteiger partial charge in [0.15, 0.2) is 0 Å². The van der Waals surface area contributed by atoms with E-state index in [1.54, 1.807) is 0 Å². The van der Waals surface area contributed by atoms with Crippen LogP contribution in [0.1, 0.15) is 17.0 Å². The molecule has 0 amide bonds. The van der Waals surface area contributed by atoms with Gasteiger partial charge in [0.2, 0.25) is 0 Å². The summed E-state index contributed by atoms with van der Waals surface area (Å²) in [5.74, 6) is -3.57. The van der Waals surface area contributed by atoms with Crippen LogP contribution in [0.4, 0.5) is 0 Å². The Labute approximate surface area is 131 Å². The van der Waals surface area contributed by atoms with E-state index in [9.17, 15) is 24.9 Å². The molecule has 0 saturated heterocycles. The van der Waals surface area contributed by atoms with Gasteiger partial charge in [0.25, 0.3) is 0 Å². The Morgan fingerprint density at radius 2 is 1.17 bits per heavy atom. The van der Waals surface area contributed by atoms with Gasteiger partial charge in [-0.1, -0.05) is 24.3 Å². The van der Waals surface area contributed by atoms with Gasteiger partial charge in [-0.3, -0.25) is 0 Å². The SMILES string of the molecule is O=C(O)/C=C(\C(=O)O)C(c1ccc(O)cc1)c1ccc(O)cc1. The van der Waals surface area contributed by atoms with Crippen molar-refractivity contribution >= 4 is 11.9 Å². The summed E-state index contributed by atoms with van der Waals surface area (Å²) >= 11 is 0. The van der Waals surface area contributed by atoms with Crippen LogP contribution in [0.25, 0.3) is 0 Å². The maximum absolute atomic E-state index is 11.5. The Morgan fingerprint density at radius 1 is 0.783 bits per heavy atom. The van der Waals surface area contributed by atoms with E-state index in [4.69, 9.17) is 5.11 Å². The molecule has 4 N–H and O–H groups in total. The van der Waals surface area contributed by atoms with Crippen molar-refractivity contribution in [2.24, 2.45) is 0 Å². The second-order valence-electron chi connectivity index (χ2n) is 4.86. The molecule has 0 bridgehead atoms. The minimum atomic E-state index is -1.37. The fraction of sp³-hybridized carbons (Fsp3) is 0.0588. The highest BCUT2D eigenvalue weighted by Crippen LogP contribution is 2.33. The topological polar surface area (TPSA) is 115 Å². The maximum atomic E-state index is 11.5. The smallest absolute Gasteiger partial charge is 0.332 e. The van der Waals surface area contributed by atoms with Crippen molar-refractivity contribution < 1.29 is 30.0 Å². The number of carbonyl (C=O) groups is 2. The van der Waals surface area contributed by atoms with Gasteiger partial charge in [-0.2, -0.15) is 0 Å². The average molecular weight is 314 g/mol. The summed E-state index contributed by atoms with van der Waals surface area (Å²) in [6, 6.07) is 11.6. The van der Waals surface area contributed by atoms with Gasteiger partial charge in [-0.05, 0) is 35.4 Å². The fourth-order valence-electron chi connectivity index (χ4n) is 2.29. The van der Waals surface area contributed by atoms with E-state index in [-0.39, 0.29) is 17.1 Å². The van der Waals surface area contributed by atoms with Crippen LogP contribution < -0.4 is 0 Å². The number of carboxylic acid groups (broad SMARTS) is 2. The van der Waals surface area contributed by atoms with E-state index in [1.165, 1.54) is 48.5 Å². The first-order chi connectivity index (χ1) is 10.9. The van der Waals surface area contributed by atoms with Crippen LogP contribution in [0.3, 0.4) is 0 Å². The van der Waals surface area contributed by atoms with Gasteiger partial charge in [-0.25, -0.2) is 9.59 Å². The fourth-order valence-corrected chi connectivity index (χ4v) is 2.29. The molecule has 0 saturated carbocycles. The maximum Gasteiger partial charge on any atom is 0.332 e. The predicted molar refractivity (Wildman–Crippen MR) is 81.4 cm³/mol. The van der Waals surface area contributed by atoms with Crippen LogP contribution in [0.15, 0.2) is 60.2 Å². The number of phenolic OH excluding ortho intramolecular Hbond substituents is 2. The van der Waals surface area contributed by atoms with Crippen LogP contribution in [0, 0.1) is 0 Å². The largest absolute Gasteiger partial charge is 0.508 e. The Kier molecular flexibility index (Phi) is 4.66. The lowest BCUT2D eigenvalue weighted by Gasteiger charge is -2.19. The second kappa shape index (κ2) is 6.65. The van der Waals surface area contributed by atoms with Gasteiger partial charge < -0.3 is 20.4 Å². The lowest BCUT2D eigenvalue weighted by Crippen LogP contribution is -2.14. The van der Waals surface area contributed by atoms with Crippen molar-refractivity contribution in [3.8, 4) is 11.5 Å². The van der Waals surface area contributed by atoms with Crippen LogP contribution >= 0.6 is 0 Å². The Morgan fingerprint density at radius 3 is 1.48 bits per heavy atom. The molecule has 23 heavy (non-hydrogen) atoms. The van der Waals surface area contributed by atoms with Gasteiger partial charge in [0.1, 0.15) is 11.5 Å². The van der Waals surface area contributed by atoms with E-state index in [2.05, 4.69) is 0 Å². The second-order valence-corrected chi connectivity index (χ2v) is 4.86. The molecular weight excluding hydrogens is 300 g/mol. The summed E-state index contributed by atoms with van der Waals surface area (Å²) < 4.78 is 0. The molecule has 0 aliphatic carbocycles. The molecule has 0 aliphatic rings. The molecule has 118 valence electrons. The molecule has 2 aromatic rings. The Bertz CT molecular complexity index is 698. The van der Waals surface area contributed by atoms with E-state index >= 15 is 0 Å². The number of carboxylic acids is 2. The van der Waals surface area contributed by atoms with Crippen molar-refractivity contribution in [1.29, 1.82) is 0 Å². The number of hydrogen-bond acceptors (Lipinski definition) is 4. The van der Waals surface area contributed by atoms with Crippen LogP contribution in [0.2, 0.25) is 0 Å². The minimum absolute atomic E-state index is 0.0114. The summed E-state index contributed by atoms with van der Waals surface area (Å²) in [4.78, 5) is 22.5. The Hall–Kier alpha value is -3.28. The van der Waals surface area contributed by atoms with Crippen molar-refractivity contribution in [2.45, 2.75) is 5.92 Å². The molecule has 0 unspecified atom stereocenters. The number of benzene rings is 2. The zero-order valence-corrected chi connectivity index (χ0v) is 11.9. The first kappa shape index (κ1) is 16.1. The lowest BCUT2D eigenvalue weighted by atomic mass is 9.84. The quantitative estimate of drug-likeness (QED) is 0.630. The predicted octanol–water partition coefficient (Wildman–Crippen LogP) is 2.33. The Balaban J connectivity index is 2.63.